The molecule has 2 aromatic carbocycles. The van der Waals surface area contributed by atoms with E-state index in [0.29, 0.717) is 33.9 Å². The van der Waals surface area contributed by atoms with E-state index in [2.05, 4.69) is 42.5 Å². The fraction of sp³-hybridized carbons (Fsp3) is 0.178. The summed E-state index contributed by atoms with van der Waals surface area (Å²) in [7, 11) is 6.45. The normalized spacial score (nSPS) is 10.6. The fourth-order valence-electron chi connectivity index (χ4n) is 6.87. The molecule has 4 aromatic heterocycles. The lowest BCUT2D eigenvalue weighted by Crippen LogP contribution is -2.30. The molecule has 0 radical (unpaired) electrons. The molecule has 352 valence electrons. The highest BCUT2D eigenvalue weighted by atomic mass is 16.4. The van der Waals surface area contributed by atoms with Gasteiger partial charge in [0.05, 0.1) is 35.6 Å². The second-order valence-electron chi connectivity index (χ2n) is 15.4. The number of aromatic nitrogens is 4. The molecule has 23 heteroatoms. The van der Waals surface area contributed by atoms with Crippen molar-refractivity contribution in [2.45, 2.75) is 12.8 Å². The Labute approximate surface area is 386 Å². The fourth-order valence-corrected chi connectivity index (χ4v) is 6.87. The van der Waals surface area contributed by atoms with Gasteiger partial charge in [0, 0.05) is 64.4 Å². The molecule has 10 N–H and O–H groups in total. The lowest BCUT2D eigenvalue weighted by atomic mass is 10.1. The van der Waals surface area contributed by atoms with Gasteiger partial charge in [-0.2, -0.15) is 0 Å². The van der Waals surface area contributed by atoms with Crippen LogP contribution >= 0.6 is 0 Å². The number of carbonyl (C=O) groups is 9. The Morgan fingerprint density at radius 3 is 1.01 bits per heavy atom. The van der Waals surface area contributed by atoms with Crippen molar-refractivity contribution in [3.05, 3.63) is 131 Å². The van der Waals surface area contributed by atoms with E-state index in [9.17, 15) is 43.2 Å². The second-order valence-corrected chi connectivity index (χ2v) is 15.4. The number of urea groups is 1. The molecule has 0 bridgehead atoms. The number of carbonyl (C=O) groups excluding carboxylic acids is 7. The van der Waals surface area contributed by atoms with Crippen molar-refractivity contribution in [3.8, 4) is 0 Å². The number of aliphatic carboxylic acids is 2. The largest absolute Gasteiger partial charge is 0.480 e. The number of amides is 8. The zero-order chi connectivity index (χ0) is 49.2. The summed E-state index contributed by atoms with van der Waals surface area (Å²) in [6.07, 6.45) is 5.94. The van der Waals surface area contributed by atoms with Gasteiger partial charge in [-0.05, 0) is 59.7 Å². The van der Waals surface area contributed by atoms with Crippen LogP contribution < -0.4 is 42.5 Å². The van der Waals surface area contributed by atoms with Gasteiger partial charge < -0.3 is 71.0 Å². The lowest BCUT2D eigenvalue weighted by molar-refractivity contribution is -0.138. The maximum Gasteiger partial charge on any atom is 0.323 e. The van der Waals surface area contributed by atoms with E-state index in [1.807, 2.05) is 0 Å². The van der Waals surface area contributed by atoms with E-state index in [1.54, 1.807) is 89.1 Å². The number of rotatable bonds is 18. The Morgan fingerprint density at radius 2 is 0.706 bits per heavy atom. The number of anilines is 6. The first-order valence-electron chi connectivity index (χ1n) is 20.4. The molecule has 6 rings (SSSR count). The highest BCUT2D eigenvalue weighted by Crippen LogP contribution is 2.22. The van der Waals surface area contributed by atoms with Gasteiger partial charge in [0.25, 0.3) is 23.6 Å². The van der Waals surface area contributed by atoms with E-state index in [4.69, 9.17) is 10.2 Å². The maximum absolute atomic E-state index is 13.3. The van der Waals surface area contributed by atoms with Crippen molar-refractivity contribution >= 4 is 87.5 Å². The molecule has 0 spiro atoms. The number of nitrogens with one attached hydrogen (secondary N) is 8. The molecule has 0 fully saturated rings. The number of aryl methyl sites for hydroxylation is 4. The Hall–Kier alpha value is -9.41. The summed E-state index contributed by atoms with van der Waals surface area (Å²) in [5.41, 5.74) is 3.80. The molecule has 0 aliphatic rings. The first kappa shape index (κ1) is 48.1. The summed E-state index contributed by atoms with van der Waals surface area (Å²) < 4.78 is 6.02. The molecule has 0 aliphatic carbocycles. The molecule has 23 nitrogen and oxygen atoms in total. The summed E-state index contributed by atoms with van der Waals surface area (Å²) in [4.78, 5) is 112. The number of nitrogens with zero attached hydrogens (tertiary/aromatic N) is 4. The van der Waals surface area contributed by atoms with Crippen molar-refractivity contribution in [2.75, 3.05) is 45.0 Å². The van der Waals surface area contributed by atoms with E-state index in [0.717, 1.165) is 0 Å². The van der Waals surface area contributed by atoms with Gasteiger partial charge in [-0.3, -0.25) is 38.4 Å². The third kappa shape index (κ3) is 12.9. The van der Waals surface area contributed by atoms with Gasteiger partial charge in [0.2, 0.25) is 11.8 Å². The summed E-state index contributed by atoms with van der Waals surface area (Å²) >= 11 is 0. The van der Waals surface area contributed by atoms with Crippen LogP contribution in [0.25, 0.3) is 0 Å². The van der Waals surface area contributed by atoms with Gasteiger partial charge in [0.1, 0.15) is 35.9 Å². The topological polar surface area (TPSA) is 310 Å². The van der Waals surface area contributed by atoms with Crippen LogP contribution in [0.4, 0.5) is 38.9 Å². The number of hydrogen-bond donors (Lipinski definition) is 10. The minimum atomic E-state index is -1.17. The molecule has 0 saturated carbocycles. The summed E-state index contributed by atoms with van der Waals surface area (Å²) in [6.45, 7) is -1.02. The van der Waals surface area contributed by atoms with Crippen LogP contribution in [0.3, 0.4) is 0 Å². The van der Waals surface area contributed by atoms with Crippen molar-refractivity contribution < 1.29 is 53.4 Å². The number of carboxylic acid groups (broad SMARTS) is 2. The molecular formula is C45H46N12O11. The summed E-state index contributed by atoms with van der Waals surface area (Å²) in [6, 6.07) is 18.2. The van der Waals surface area contributed by atoms with Crippen LogP contribution in [0.2, 0.25) is 0 Å². The van der Waals surface area contributed by atoms with E-state index in [1.165, 1.54) is 54.9 Å². The van der Waals surface area contributed by atoms with Crippen molar-refractivity contribution in [1.29, 1.82) is 0 Å². The maximum atomic E-state index is 13.3. The van der Waals surface area contributed by atoms with Gasteiger partial charge in [-0.15, -0.1) is 0 Å². The molecule has 68 heavy (non-hydrogen) atoms. The Bertz CT molecular complexity index is 2780. The third-order valence-corrected chi connectivity index (χ3v) is 9.95. The average Bonchev–Trinajstić information content (AvgIpc) is 4.03. The van der Waals surface area contributed by atoms with Crippen LogP contribution in [0, 0.1) is 0 Å². The van der Waals surface area contributed by atoms with Crippen LogP contribution in [-0.4, -0.2) is 95.0 Å². The van der Waals surface area contributed by atoms with Crippen LogP contribution in [0.15, 0.2) is 97.6 Å². The average molecular weight is 931 g/mol. The molecule has 0 unspecified atom stereocenters. The number of carboxylic acids is 2. The first-order chi connectivity index (χ1) is 32.3. The zero-order valence-corrected chi connectivity index (χ0v) is 36.9. The molecule has 6 aromatic rings. The molecule has 0 saturated heterocycles. The van der Waals surface area contributed by atoms with Crippen molar-refractivity contribution in [2.24, 2.45) is 28.2 Å². The predicted molar refractivity (Wildman–Crippen MR) is 248 cm³/mol. The molecular weight excluding hydrogens is 885 g/mol. The highest BCUT2D eigenvalue weighted by molar-refractivity contribution is 6.09. The SMILES string of the molecule is Cn1cc(NC(=O)Nc2cc(C(=O)Nc3cc(C(=O)Nc4cccc(CC(=O)NCC(=O)O)c4)n(C)c3)n(C)c2)cc1C(=O)Nc1cc(C(=O)Nc2cccc(CC(=O)NCC(=O)O)c2)n(C)c1. The Balaban J connectivity index is 0.998. The van der Waals surface area contributed by atoms with Gasteiger partial charge in [-0.25, -0.2) is 4.79 Å². The minimum absolute atomic E-state index is 0.0928. The van der Waals surface area contributed by atoms with E-state index >= 15 is 0 Å². The van der Waals surface area contributed by atoms with Crippen molar-refractivity contribution in [1.82, 2.24) is 28.9 Å². The summed E-state index contributed by atoms with van der Waals surface area (Å²) in [5, 5.41) is 38.4. The van der Waals surface area contributed by atoms with Crippen LogP contribution in [-0.2, 0) is 60.2 Å². The minimum Gasteiger partial charge on any atom is -0.480 e. The number of hydrogen-bond acceptors (Lipinski definition) is 9. The van der Waals surface area contributed by atoms with E-state index in [-0.39, 0.29) is 47.0 Å². The van der Waals surface area contributed by atoms with Crippen LogP contribution in [0.5, 0.6) is 0 Å². The number of benzene rings is 2. The summed E-state index contributed by atoms with van der Waals surface area (Å²) in [5.74, 6) is -5.40. The predicted octanol–water partition coefficient (Wildman–Crippen LogP) is 3.18. The van der Waals surface area contributed by atoms with E-state index < -0.39 is 66.5 Å². The van der Waals surface area contributed by atoms with Gasteiger partial charge in [-0.1, -0.05) is 24.3 Å². The first-order valence-corrected chi connectivity index (χ1v) is 20.4. The molecule has 8 amide bonds. The Kier molecular flexibility index (Phi) is 14.9. The highest BCUT2D eigenvalue weighted by Gasteiger charge is 2.20. The smallest absolute Gasteiger partial charge is 0.323 e. The van der Waals surface area contributed by atoms with Crippen LogP contribution in [0.1, 0.15) is 53.1 Å². The molecule has 0 atom stereocenters. The zero-order valence-electron chi connectivity index (χ0n) is 36.9. The monoisotopic (exact) mass is 930 g/mol. The standard InChI is InChI=1S/C45H46N12O11/c1-54-21-29(15-33(54)41(64)48-27-9-5-7-25(11-27)13-37(58)46-19-39(60)61)50-43(66)35-17-31(23-56(35)3)52-45(68)53-32-18-36(57(4)24-32)44(67)51-30-16-34(55(2)22-30)42(65)49-28-10-6-8-26(12-28)14-38(59)47-20-40(62)63/h5-12,15-18,21-24H,13-14,19-20H2,1-4H3,(H,46,58)(H,47,59)(H,48,64)(H,49,65)(H,50,66)(H,51,67)(H,60,61)(H,62,63)(H2,52,53,68). The molecule has 4 heterocycles. The van der Waals surface area contributed by atoms with Gasteiger partial charge >= 0.3 is 18.0 Å². The second kappa shape index (κ2) is 21.1. The molecule has 0 aliphatic heterocycles. The lowest BCUT2D eigenvalue weighted by Gasteiger charge is -2.08. The quantitative estimate of drug-likeness (QED) is 0.0597. The Morgan fingerprint density at radius 1 is 0.412 bits per heavy atom. The van der Waals surface area contributed by atoms with Crippen molar-refractivity contribution in [3.63, 3.8) is 0 Å². The van der Waals surface area contributed by atoms with Gasteiger partial charge in [0.15, 0.2) is 0 Å². The third-order valence-electron chi connectivity index (χ3n) is 9.95.